The van der Waals surface area contributed by atoms with Gasteiger partial charge in [-0.1, -0.05) is 6.92 Å². The Hall–Kier alpha value is -1.51. The number of hydrogen-bond acceptors (Lipinski definition) is 4. The highest BCUT2D eigenvalue weighted by atomic mass is 32.2. The van der Waals surface area contributed by atoms with Gasteiger partial charge < -0.3 is 9.84 Å². The Bertz CT molecular complexity index is 704. The number of carbonyl (C=O) groups is 1. The molecule has 1 aromatic rings. The van der Waals surface area contributed by atoms with Gasteiger partial charge in [0.25, 0.3) is 0 Å². The molecule has 23 heavy (non-hydrogen) atoms. The lowest BCUT2D eigenvalue weighted by Crippen LogP contribution is -2.36. The number of nitrogens with one attached hydrogen (secondary N) is 1. The van der Waals surface area contributed by atoms with Crippen molar-refractivity contribution in [3.63, 3.8) is 0 Å². The van der Waals surface area contributed by atoms with Gasteiger partial charge in [-0.15, -0.1) is 0 Å². The molecule has 2 atom stereocenters. The van der Waals surface area contributed by atoms with Crippen molar-refractivity contribution >= 4 is 16.0 Å². The van der Waals surface area contributed by atoms with Crippen LogP contribution in [0.3, 0.4) is 0 Å². The predicted molar refractivity (Wildman–Crippen MR) is 81.4 cm³/mol. The molecule has 1 heterocycles. The van der Waals surface area contributed by atoms with Gasteiger partial charge in [0.15, 0.2) is 5.82 Å². The van der Waals surface area contributed by atoms with Crippen molar-refractivity contribution in [2.24, 2.45) is 11.8 Å². The fourth-order valence-corrected chi connectivity index (χ4v) is 3.88. The lowest BCUT2D eigenvalue weighted by molar-refractivity contribution is 0.0261. The molecule has 1 saturated heterocycles. The molecule has 0 aromatic heterocycles. The zero-order valence-electron chi connectivity index (χ0n) is 13.0. The second-order valence-corrected chi connectivity index (χ2v) is 7.62. The summed E-state index contributed by atoms with van der Waals surface area (Å²) >= 11 is 0. The Balaban J connectivity index is 2.24. The Morgan fingerprint density at radius 1 is 1.48 bits per heavy atom. The average molecular weight is 345 g/mol. The molecule has 1 fully saturated rings. The number of aryl methyl sites for hydroxylation is 1. The first-order valence-electron chi connectivity index (χ1n) is 7.33. The van der Waals surface area contributed by atoms with Crippen LogP contribution in [-0.2, 0) is 14.8 Å². The summed E-state index contributed by atoms with van der Waals surface area (Å²) < 4.78 is 46.6. The number of carboxylic acid groups (broad SMARTS) is 1. The lowest BCUT2D eigenvalue weighted by Gasteiger charge is -2.28. The maximum absolute atomic E-state index is 14.2. The number of ether oxygens (including phenoxy) is 1. The van der Waals surface area contributed by atoms with E-state index >= 15 is 0 Å². The zero-order valence-corrected chi connectivity index (χ0v) is 13.8. The van der Waals surface area contributed by atoms with Gasteiger partial charge in [-0.2, -0.15) is 0 Å². The van der Waals surface area contributed by atoms with Crippen LogP contribution in [0.25, 0.3) is 0 Å². The minimum Gasteiger partial charge on any atom is -0.478 e. The molecule has 0 spiro atoms. The molecule has 0 saturated carbocycles. The van der Waals surface area contributed by atoms with E-state index in [9.17, 15) is 17.6 Å². The van der Waals surface area contributed by atoms with Gasteiger partial charge in [0.1, 0.15) is 4.90 Å². The van der Waals surface area contributed by atoms with Crippen molar-refractivity contribution in [3.8, 4) is 0 Å². The van der Waals surface area contributed by atoms with E-state index < -0.39 is 32.3 Å². The monoisotopic (exact) mass is 345 g/mol. The molecule has 0 bridgehead atoms. The minimum atomic E-state index is -4.12. The van der Waals surface area contributed by atoms with Crippen molar-refractivity contribution < 1.29 is 27.4 Å². The lowest BCUT2D eigenvalue weighted by atomic mass is 9.90. The van der Waals surface area contributed by atoms with E-state index in [0.717, 1.165) is 18.6 Å². The van der Waals surface area contributed by atoms with Crippen LogP contribution in [0, 0.1) is 24.6 Å². The van der Waals surface area contributed by atoms with Crippen LogP contribution in [-0.4, -0.2) is 39.3 Å². The van der Waals surface area contributed by atoms with E-state index in [1.54, 1.807) is 0 Å². The third-order valence-corrected chi connectivity index (χ3v) is 5.48. The highest BCUT2D eigenvalue weighted by Crippen LogP contribution is 2.23. The molecule has 0 radical (unpaired) electrons. The van der Waals surface area contributed by atoms with E-state index in [2.05, 4.69) is 4.72 Å². The first-order chi connectivity index (χ1) is 10.7. The van der Waals surface area contributed by atoms with Gasteiger partial charge in [0.05, 0.1) is 5.56 Å². The fourth-order valence-electron chi connectivity index (χ4n) is 2.61. The molecule has 0 aliphatic carbocycles. The van der Waals surface area contributed by atoms with Crippen molar-refractivity contribution in [2.45, 2.75) is 25.2 Å². The number of carboxylic acids is 1. The predicted octanol–water partition coefficient (Wildman–Crippen LogP) is 1.78. The molecule has 0 amide bonds. The number of benzene rings is 1. The summed E-state index contributed by atoms with van der Waals surface area (Å²) in [6.07, 6.45) is 0.723. The van der Waals surface area contributed by atoms with Crippen LogP contribution < -0.4 is 4.72 Å². The third-order valence-electron chi connectivity index (χ3n) is 4.06. The molecule has 2 N–H and O–H groups in total. The van der Waals surface area contributed by atoms with Gasteiger partial charge in [0, 0.05) is 19.8 Å². The fraction of sp³-hybridized carbons (Fsp3) is 0.533. The summed E-state index contributed by atoms with van der Waals surface area (Å²) in [5, 5.41) is 8.98. The number of halogens is 1. The van der Waals surface area contributed by atoms with E-state index in [1.165, 1.54) is 6.92 Å². The molecule has 8 heteroatoms. The van der Waals surface area contributed by atoms with Gasteiger partial charge in [0.2, 0.25) is 10.0 Å². The summed E-state index contributed by atoms with van der Waals surface area (Å²) in [6, 6.07) is 2.24. The standard InChI is InChI=1S/C15H20FNO5S/c1-9-5-12(15(18)19)14(16)13(6-9)23(20,21)17-7-11-3-4-22-8-10(11)2/h5-6,10-11,17H,3-4,7-8H2,1-2H3,(H,18,19). The minimum absolute atomic E-state index is 0.102. The number of rotatable bonds is 5. The molecule has 2 rings (SSSR count). The first kappa shape index (κ1) is 17.8. The quantitative estimate of drug-likeness (QED) is 0.849. The highest BCUT2D eigenvalue weighted by Gasteiger charge is 2.27. The molecule has 1 aromatic carbocycles. The topological polar surface area (TPSA) is 92.7 Å². The van der Waals surface area contributed by atoms with Crippen LogP contribution >= 0.6 is 0 Å². The Morgan fingerprint density at radius 3 is 2.78 bits per heavy atom. The number of sulfonamides is 1. The molecule has 1 aliphatic rings. The summed E-state index contributed by atoms with van der Waals surface area (Å²) in [7, 11) is -4.12. The SMILES string of the molecule is Cc1cc(C(=O)O)c(F)c(S(=O)(=O)NCC2CCOCC2C)c1. The van der Waals surface area contributed by atoms with Crippen LogP contribution in [0.2, 0.25) is 0 Å². The Labute approximate surface area is 134 Å². The smallest absolute Gasteiger partial charge is 0.338 e. The summed E-state index contributed by atoms with van der Waals surface area (Å²) in [4.78, 5) is 10.4. The van der Waals surface area contributed by atoms with Crippen molar-refractivity contribution in [3.05, 3.63) is 29.1 Å². The zero-order chi connectivity index (χ0) is 17.2. The van der Waals surface area contributed by atoms with Crippen LogP contribution in [0.4, 0.5) is 4.39 Å². The first-order valence-corrected chi connectivity index (χ1v) is 8.81. The summed E-state index contributed by atoms with van der Waals surface area (Å²) in [6.45, 7) is 4.79. The van der Waals surface area contributed by atoms with Gasteiger partial charge in [-0.3, -0.25) is 0 Å². The molecule has 6 nitrogen and oxygen atoms in total. The van der Waals surface area contributed by atoms with Crippen molar-refractivity contribution in [2.75, 3.05) is 19.8 Å². The van der Waals surface area contributed by atoms with Gasteiger partial charge in [-0.25, -0.2) is 22.3 Å². The second-order valence-electron chi connectivity index (χ2n) is 5.88. The maximum atomic E-state index is 14.2. The number of aromatic carboxylic acids is 1. The van der Waals surface area contributed by atoms with Crippen molar-refractivity contribution in [1.82, 2.24) is 4.72 Å². The normalized spacial score (nSPS) is 22.0. The van der Waals surface area contributed by atoms with E-state index in [0.29, 0.717) is 18.8 Å². The largest absolute Gasteiger partial charge is 0.478 e. The summed E-state index contributed by atoms with van der Waals surface area (Å²) in [5.41, 5.74) is -0.284. The summed E-state index contributed by atoms with van der Waals surface area (Å²) in [5.74, 6) is -2.44. The molecule has 128 valence electrons. The Kier molecular flexibility index (Phi) is 5.38. The molecule has 2 unspecified atom stereocenters. The van der Waals surface area contributed by atoms with Crippen LogP contribution in [0.1, 0.15) is 29.3 Å². The van der Waals surface area contributed by atoms with Gasteiger partial charge >= 0.3 is 5.97 Å². The van der Waals surface area contributed by atoms with Gasteiger partial charge in [-0.05, 0) is 42.9 Å². The average Bonchev–Trinajstić information content (AvgIpc) is 2.48. The van der Waals surface area contributed by atoms with E-state index in [1.807, 2.05) is 6.92 Å². The maximum Gasteiger partial charge on any atom is 0.338 e. The van der Waals surface area contributed by atoms with E-state index in [-0.39, 0.29) is 18.4 Å². The second kappa shape index (κ2) is 6.94. The van der Waals surface area contributed by atoms with Crippen LogP contribution in [0.5, 0.6) is 0 Å². The van der Waals surface area contributed by atoms with Crippen molar-refractivity contribution in [1.29, 1.82) is 0 Å². The van der Waals surface area contributed by atoms with Crippen LogP contribution in [0.15, 0.2) is 17.0 Å². The molecule has 1 aliphatic heterocycles. The van der Waals surface area contributed by atoms with E-state index in [4.69, 9.17) is 9.84 Å². The molecular formula is C15H20FNO5S. The highest BCUT2D eigenvalue weighted by molar-refractivity contribution is 7.89. The number of hydrogen-bond donors (Lipinski definition) is 2. The Morgan fingerprint density at radius 2 is 2.17 bits per heavy atom. The third kappa shape index (κ3) is 4.07. The molecular weight excluding hydrogens is 325 g/mol.